The largest absolute Gasteiger partial charge is 0.493 e. The van der Waals surface area contributed by atoms with Gasteiger partial charge < -0.3 is 14.2 Å². The number of ether oxygens (including phenoxy) is 3. The summed E-state index contributed by atoms with van der Waals surface area (Å²) in [6.07, 6.45) is 2.55. The Morgan fingerprint density at radius 3 is 2.58 bits per heavy atom. The van der Waals surface area contributed by atoms with Crippen LogP contribution in [0.5, 0.6) is 11.5 Å². The number of carbonyl (C=O) groups excluding carboxylic acids is 2. The molecule has 138 valence electrons. The van der Waals surface area contributed by atoms with E-state index in [1.54, 1.807) is 6.07 Å². The lowest BCUT2D eigenvalue weighted by atomic mass is 10.2. The number of Topliss-reactive ketones (excluding diaryl/α,β-unsaturated/α-hetero) is 1. The smallest absolute Gasteiger partial charge is 0.387 e. The normalized spacial score (nSPS) is 11.0. The number of methoxy groups -OCH3 is 1. The summed E-state index contributed by atoms with van der Waals surface area (Å²) in [5.74, 6) is -0.985. The van der Waals surface area contributed by atoms with Gasteiger partial charge in [0.2, 0.25) is 5.78 Å². The summed E-state index contributed by atoms with van der Waals surface area (Å²) < 4.78 is 38.8. The second-order valence-electron chi connectivity index (χ2n) is 5.06. The minimum absolute atomic E-state index is 0.101. The number of alkyl halides is 2. The molecule has 0 amide bonds. The van der Waals surface area contributed by atoms with Crippen molar-refractivity contribution in [2.24, 2.45) is 0 Å². The minimum Gasteiger partial charge on any atom is -0.493 e. The molecule has 0 saturated carbocycles. The molecule has 0 aliphatic rings. The predicted octanol–water partition coefficient (Wildman–Crippen LogP) is 4.11. The lowest BCUT2D eigenvalue weighted by molar-refractivity contribution is -0.136. The monoisotopic (exact) mass is 382 g/mol. The van der Waals surface area contributed by atoms with Crippen LogP contribution in [0, 0.1) is 6.92 Å². The molecule has 26 heavy (non-hydrogen) atoms. The fourth-order valence-electron chi connectivity index (χ4n) is 1.99. The third-order valence-electron chi connectivity index (χ3n) is 3.18. The van der Waals surface area contributed by atoms with Crippen LogP contribution < -0.4 is 9.47 Å². The van der Waals surface area contributed by atoms with Crippen LogP contribution in [0.25, 0.3) is 6.08 Å². The van der Waals surface area contributed by atoms with Gasteiger partial charge in [0.1, 0.15) is 0 Å². The van der Waals surface area contributed by atoms with Crippen molar-refractivity contribution in [2.75, 3.05) is 13.7 Å². The SMILES string of the molecule is COc1cc(/C=C/C(=O)OCC(=O)c2ccc(C)s2)ccc1OC(F)F. The molecule has 0 atom stereocenters. The molecule has 0 spiro atoms. The molecule has 0 fully saturated rings. The first-order valence-corrected chi connectivity index (χ1v) is 8.28. The molecule has 0 aliphatic heterocycles. The van der Waals surface area contributed by atoms with Gasteiger partial charge in [-0.2, -0.15) is 8.78 Å². The maximum atomic E-state index is 12.3. The second-order valence-corrected chi connectivity index (χ2v) is 6.35. The van der Waals surface area contributed by atoms with Gasteiger partial charge >= 0.3 is 12.6 Å². The van der Waals surface area contributed by atoms with Crippen molar-refractivity contribution in [3.63, 3.8) is 0 Å². The minimum atomic E-state index is -2.97. The Kier molecular flexibility index (Phi) is 6.85. The van der Waals surface area contributed by atoms with Crippen molar-refractivity contribution >= 4 is 29.2 Å². The number of thiophene rings is 1. The molecule has 1 aromatic heterocycles. The summed E-state index contributed by atoms with van der Waals surface area (Å²) in [5, 5.41) is 0. The fraction of sp³-hybridized carbons (Fsp3) is 0.222. The van der Waals surface area contributed by atoms with Crippen molar-refractivity contribution in [1.82, 2.24) is 0 Å². The molecule has 0 aliphatic carbocycles. The van der Waals surface area contributed by atoms with E-state index in [2.05, 4.69) is 4.74 Å². The third-order valence-corrected chi connectivity index (χ3v) is 4.22. The van der Waals surface area contributed by atoms with Crippen molar-refractivity contribution < 1.29 is 32.6 Å². The lowest BCUT2D eigenvalue weighted by Crippen LogP contribution is -2.11. The van der Waals surface area contributed by atoms with Crippen LogP contribution in [0.4, 0.5) is 8.78 Å². The third kappa shape index (κ3) is 5.66. The number of halogens is 2. The summed E-state index contributed by atoms with van der Waals surface area (Å²) in [7, 11) is 1.31. The number of carbonyl (C=O) groups is 2. The van der Waals surface area contributed by atoms with Gasteiger partial charge in [0.05, 0.1) is 12.0 Å². The second kappa shape index (κ2) is 9.10. The molecule has 5 nitrogen and oxygen atoms in total. The topological polar surface area (TPSA) is 61.8 Å². The van der Waals surface area contributed by atoms with Crippen LogP contribution in [0.1, 0.15) is 20.1 Å². The van der Waals surface area contributed by atoms with Crippen LogP contribution in [-0.4, -0.2) is 32.1 Å². The zero-order valence-corrected chi connectivity index (χ0v) is 14.8. The first-order valence-electron chi connectivity index (χ1n) is 7.46. The van der Waals surface area contributed by atoms with Gasteiger partial charge in [0.25, 0.3) is 0 Å². The van der Waals surface area contributed by atoms with Crippen LogP contribution >= 0.6 is 11.3 Å². The maximum absolute atomic E-state index is 12.3. The molecule has 2 aromatic rings. The van der Waals surface area contributed by atoms with Gasteiger partial charge in [0.15, 0.2) is 18.1 Å². The van der Waals surface area contributed by atoms with Gasteiger partial charge in [-0.25, -0.2) is 4.79 Å². The average molecular weight is 382 g/mol. The number of aryl methyl sites for hydroxylation is 1. The number of esters is 1. The highest BCUT2D eigenvalue weighted by atomic mass is 32.1. The highest BCUT2D eigenvalue weighted by molar-refractivity contribution is 7.14. The Balaban J connectivity index is 1.93. The molecular weight excluding hydrogens is 366 g/mol. The lowest BCUT2D eigenvalue weighted by Gasteiger charge is -2.10. The Morgan fingerprint density at radius 1 is 1.19 bits per heavy atom. The first kappa shape index (κ1) is 19.6. The summed E-state index contributed by atoms with van der Waals surface area (Å²) in [6.45, 7) is -1.44. The fourth-order valence-corrected chi connectivity index (χ4v) is 2.78. The van der Waals surface area contributed by atoms with E-state index in [1.807, 2.05) is 13.0 Å². The van der Waals surface area contributed by atoms with Gasteiger partial charge in [0, 0.05) is 11.0 Å². The summed E-state index contributed by atoms with van der Waals surface area (Å²) in [5.41, 5.74) is 0.514. The molecule has 1 heterocycles. The van der Waals surface area contributed by atoms with Crippen molar-refractivity contribution in [1.29, 1.82) is 0 Å². The van der Waals surface area contributed by atoms with E-state index in [1.165, 1.54) is 42.7 Å². The summed E-state index contributed by atoms with van der Waals surface area (Å²) >= 11 is 1.33. The molecule has 0 unspecified atom stereocenters. The van der Waals surface area contributed by atoms with Gasteiger partial charge in [-0.05, 0) is 42.8 Å². The van der Waals surface area contributed by atoms with E-state index >= 15 is 0 Å². The molecule has 1 aromatic carbocycles. The number of benzene rings is 1. The molecular formula is C18H16F2O5S. The van der Waals surface area contributed by atoms with Crippen molar-refractivity contribution in [2.45, 2.75) is 13.5 Å². The Hall–Kier alpha value is -2.74. The van der Waals surface area contributed by atoms with E-state index in [0.29, 0.717) is 10.4 Å². The predicted molar refractivity (Wildman–Crippen MR) is 93.0 cm³/mol. The summed E-state index contributed by atoms with van der Waals surface area (Å²) in [6, 6.07) is 7.71. The van der Waals surface area contributed by atoms with E-state index in [0.717, 1.165) is 11.0 Å². The van der Waals surface area contributed by atoms with E-state index in [-0.39, 0.29) is 23.9 Å². The van der Waals surface area contributed by atoms with Crippen LogP contribution in [0.3, 0.4) is 0 Å². The summed E-state index contributed by atoms with van der Waals surface area (Å²) in [4.78, 5) is 25.1. The van der Waals surface area contributed by atoms with Crippen molar-refractivity contribution in [3.05, 3.63) is 51.7 Å². The highest BCUT2D eigenvalue weighted by Crippen LogP contribution is 2.29. The Labute approximate surface area is 152 Å². The van der Waals surface area contributed by atoms with E-state index < -0.39 is 12.6 Å². The maximum Gasteiger partial charge on any atom is 0.387 e. The van der Waals surface area contributed by atoms with E-state index in [9.17, 15) is 18.4 Å². The molecule has 2 rings (SSSR count). The number of hydrogen-bond donors (Lipinski definition) is 0. The molecule has 0 bridgehead atoms. The quantitative estimate of drug-likeness (QED) is 0.391. The van der Waals surface area contributed by atoms with Crippen molar-refractivity contribution in [3.8, 4) is 11.5 Å². The van der Waals surface area contributed by atoms with Crippen LogP contribution in [-0.2, 0) is 9.53 Å². The number of ketones is 1. The molecule has 8 heteroatoms. The van der Waals surface area contributed by atoms with Gasteiger partial charge in [-0.15, -0.1) is 11.3 Å². The van der Waals surface area contributed by atoms with Crippen LogP contribution in [0.2, 0.25) is 0 Å². The average Bonchev–Trinajstić information content (AvgIpc) is 3.04. The van der Waals surface area contributed by atoms with Crippen LogP contribution in [0.15, 0.2) is 36.4 Å². The number of hydrogen-bond acceptors (Lipinski definition) is 6. The van der Waals surface area contributed by atoms with E-state index in [4.69, 9.17) is 9.47 Å². The highest BCUT2D eigenvalue weighted by Gasteiger charge is 2.12. The first-order chi connectivity index (χ1) is 12.4. The molecule has 0 N–H and O–H groups in total. The number of rotatable bonds is 8. The van der Waals surface area contributed by atoms with Gasteiger partial charge in [-0.3, -0.25) is 4.79 Å². The zero-order valence-electron chi connectivity index (χ0n) is 14.0. The van der Waals surface area contributed by atoms with Gasteiger partial charge in [-0.1, -0.05) is 6.07 Å². The Bertz CT molecular complexity index is 814. The Morgan fingerprint density at radius 2 is 1.96 bits per heavy atom. The standard InChI is InChI=1S/C18H16F2O5S/c1-11-3-7-16(26-11)13(21)10-24-17(22)8-5-12-4-6-14(25-18(19)20)15(9-12)23-2/h3-9,18H,10H2,1-2H3/b8-5+. The molecule has 0 radical (unpaired) electrons. The zero-order chi connectivity index (χ0) is 19.1. The molecule has 0 saturated heterocycles.